The molecule has 1 atom stereocenters. The van der Waals surface area contributed by atoms with Crippen molar-refractivity contribution in [3.63, 3.8) is 0 Å². The highest BCUT2D eigenvalue weighted by Crippen LogP contribution is 2.22. The van der Waals surface area contributed by atoms with Gasteiger partial charge in [-0.05, 0) is 37.0 Å². The number of hydrogen-bond acceptors (Lipinski definition) is 1. The van der Waals surface area contributed by atoms with Crippen LogP contribution in [-0.4, -0.2) is 0 Å². The van der Waals surface area contributed by atoms with Crippen molar-refractivity contribution in [2.24, 2.45) is 0 Å². The highest BCUT2D eigenvalue weighted by Gasteiger charge is 2.12. The van der Waals surface area contributed by atoms with E-state index in [2.05, 4.69) is 38.1 Å². The lowest BCUT2D eigenvalue weighted by atomic mass is 9.90. The van der Waals surface area contributed by atoms with E-state index in [1.165, 1.54) is 16.7 Å². The molecule has 0 bridgehead atoms. The smallest absolute Gasteiger partial charge is 0.0753 e. The minimum Gasteiger partial charge on any atom is -0.198 e. The normalized spacial score (nSPS) is 11.8. The van der Waals surface area contributed by atoms with Crippen LogP contribution in [0.1, 0.15) is 28.2 Å². The van der Waals surface area contributed by atoms with Crippen molar-refractivity contribution in [3.8, 4) is 6.07 Å². The third kappa shape index (κ3) is 2.78. The molecule has 1 heteroatoms. The van der Waals surface area contributed by atoms with Crippen molar-refractivity contribution in [1.29, 1.82) is 5.26 Å². The summed E-state index contributed by atoms with van der Waals surface area (Å²) in [5.41, 5.74) is 4.88. The molecule has 90 valence electrons. The number of nitriles is 1. The predicted molar refractivity (Wildman–Crippen MR) is 74.4 cm³/mol. The zero-order valence-corrected chi connectivity index (χ0v) is 10.9. The van der Waals surface area contributed by atoms with E-state index in [9.17, 15) is 5.26 Å². The molecule has 0 aliphatic rings. The monoisotopic (exact) mass is 235 g/mol. The van der Waals surface area contributed by atoms with Crippen LogP contribution in [0.25, 0.3) is 0 Å². The number of nitrogens with zero attached hydrogens (tertiary/aromatic N) is 1. The summed E-state index contributed by atoms with van der Waals surface area (Å²) in [5.74, 6) is -0.0632. The van der Waals surface area contributed by atoms with E-state index in [0.717, 1.165) is 12.0 Å². The van der Waals surface area contributed by atoms with E-state index in [1.54, 1.807) is 0 Å². The van der Waals surface area contributed by atoms with E-state index in [1.807, 2.05) is 30.3 Å². The summed E-state index contributed by atoms with van der Waals surface area (Å²) < 4.78 is 0. The molecule has 2 rings (SSSR count). The van der Waals surface area contributed by atoms with Crippen LogP contribution in [0.3, 0.4) is 0 Å². The number of rotatable bonds is 3. The molecule has 0 N–H and O–H groups in total. The molecule has 0 aromatic heterocycles. The zero-order chi connectivity index (χ0) is 13.0. The molecule has 0 spiro atoms. The molecule has 0 heterocycles. The lowest BCUT2D eigenvalue weighted by molar-refractivity contribution is 0.842. The first-order valence-electron chi connectivity index (χ1n) is 6.21. The Balaban J connectivity index is 2.27. The van der Waals surface area contributed by atoms with Crippen LogP contribution in [0.2, 0.25) is 0 Å². The van der Waals surface area contributed by atoms with Crippen LogP contribution in [0, 0.1) is 25.2 Å². The third-order valence-electron chi connectivity index (χ3n) is 3.29. The first-order valence-corrected chi connectivity index (χ1v) is 6.21. The Kier molecular flexibility index (Phi) is 3.79. The van der Waals surface area contributed by atoms with Gasteiger partial charge in [-0.1, -0.05) is 54.1 Å². The van der Waals surface area contributed by atoms with Gasteiger partial charge in [0, 0.05) is 0 Å². The summed E-state index contributed by atoms with van der Waals surface area (Å²) in [6.07, 6.45) is 0.786. The van der Waals surface area contributed by atoms with Crippen LogP contribution in [0.15, 0.2) is 48.5 Å². The minimum absolute atomic E-state index is 0.0632. The second-order valence-corrected chi connectivity index (χ2v) is 4.73. The Bertz CT molecular complexity index is 564. The fraction of sp³-hybridized carbons (Fsp3) is 0.235. The summed E-state index contributed by atoms with van der Waals surface area (Å²) in [6.45, 7) is 4.20. The highest BCUT2D eigenvalue weighted by atomic mass is 14.3. The maximum atomic E-state index is 9.35. The fourth-order valence-corrected chi connectivity index (χ4v) is 2.16. The molecule has 0 radical (unpaired) electrons. The second-order valence-electron chi connectivity index (χ2n) is 4.73. The van der Waals surface area contributed by atoms with Crippen molar-refractivity contribution < 1.29 is 0 Å². The van der Waals surface area contributed by atoms with Gasteiger partial charge >= 0.3 is 0 Å². The Morgan fingerprint density at radius 2 is 1.78 bits per heavy atom. The van der Waals surface area contributed by atoms with E-state index >= 15 is 0 Å². The first kappa shape index (κ1) is 12.4. The second kappa shape index (κ2) is 5.51. The predicted octanol–water partition coefficient (Wildman–Crippen LogP) is 4.15. The number of benzene rings is 2. The van der Waals surface area contributed by atoms with E-state index in [0.29, 0.717) is 0 Å². The van der Waals surface area contributed by atoms with E-state index in [-0.39, 0.29) is 5.92 Å². The molecule has 2 aromatic rings. The maximum Gasteiger partial charge on any atom is 0.0753 e. The molecule has 0 aliphatic heterocycles. The summed E-state index contributed by atoms with van der Waals surface area (Å²) in [4.78, 5) is 0. The summed E-state index contributed by atoms with van der Waals surface area (Å²) in [5, 5.41) is 9.35. The van der Waals surface area contributed by atoms with Gasteiger partial charge in [-0.3, -0.25) is 0 Å². The SMILES string of the molecule is Cc1ccc(C)c(CC(C#N)c2ccccc2)c1. The molecular weight excluding hydrogens is 218 g/mol. The molecule has 18 heavy (non-hydrogen) atoms. The molecule has 0 saturated carbocycles. The van der Waals surface area contributed by atoms with Gasteiger partial charge in [-0.2, -0.15) is 5.26 Å². The summed E-state index contributed by atoms with van der Waals surface area (Å²) >= 11 is 0. The molecule has 0 aliphatic carbocycles. The lowest BCUT2D eigenvalue weighted by Gasteiger charge is -2.12. The quantitative estimate of drug-likeness (QED) is 0.784. The van der Waals surface area contributed by atoms with Crippen molar-refractivity contribution in [2.45, 2.75) is 26.2 Å². The van der Waals surface area contributed by atoms with Gasteiger partial charge in [-0.25, -0.2) is 0 Å². The average molecular weight is 235 g/mol. The van der Waals surface area contributed by atoms with Gasteiger partial charge in [0.2, 0.25) is 0 Å². The molecule has 0 fully saturated rings. The molecule has 1 nitrogen and oxygen atoms in total. The van der Waals surface area contributed by atoms with Crippen molar-refractivity contribution in [2.75, 3.05) is 0 Å². The summed E-state index contributed by atoms with van der Waals surface area (Å²) in [6, 6.07) is 18.9. The van der Waals surface area contributed by atoms with Gasteiger partial charge in [0.25, 0.3) is 0 Å². The Hall–Kier alpha value is -2.07. The number of aryl methyl sites for hydroxylation is 2. The first-order chi connectivity index (χ1) is 8.70. The Morgan fingerprint density at radius 3 is 2.44 bits per heavy atom. The molecule has 1 unspecified atom stereocenters. The molecule has 0 amide bonds. The van der Waals surface area contributed by atoms with Gasteiger partial charge in [-0.15, -0.1) is 0 Å². The topological polar surface area (TPSA) is 23.8 Å². The maximum absolute atomic E-state index is 9.35. The third-order valence-corrected chi connectivity index (χ3v) is 3.29. The van der Waals surface area contributed by atoms with E-state index in [4.69, 9.17) is 0 Å². The van der Waals surface area contributed by atoms with Gasteiger partial charge < -0.3 is 0 Å². The summed E-state index contributed by atoms with van der Waals surface area (Å²) in [7, 11) is 0. The minimum atomic E-state index is -0.0632. The largest absolute Gasteiger partial charge is 0.198 e. The average Bonchev–Trinajstić information content (AvgIpc) is 2.41. The van der Waals surface area contributed by atoms with Crippen LogP contribution in [-0.2, 0) is 6.42 Å². The molecule has 0 saturated heterocycles. The van der Waals surface area contributed by atoms with Crippen molar-refractivity contribution in [1.82, 2.24) is 0 Å². The standard InChI is InChI=1S/C17H17N/c1-13-8-9-14(2)16(10-13)11-17(12-18)15-6-4-3-5-7-15/h3-10,17H,11H2,1-2H3. The Morgan fingerprint density at radius 1 is 1.06 bits per heavy atom. The van der Waals surface area contributed by atoms with Gasteiger partial charge in [0.1, 0.15) is 0 Å². The highest BCUT2D eigenvalue weighted by molar-refractivity contribution is 5.35. The van der Waals surface area contributed by atoms with E-state index < -0.39 is 0 Å². The molecular formula is C17H17N. The van der Waals surface area contributed by atoms with Crippen molar-refractivity contribution >= 4 is 0 Å². The number of hydrogen-bond donors (Lipinski definition) is 0. The lowest BCUT2D eigenvalue weighted by Crippen LogP contribution is -2.02. The zero-order valence-electron chi connectivity index (χ0n) is 10.9. The van der Waals surface area contributed by atoms with Crippen LogP contribution in [0.5, 0.6) is 0 Å². The van der Waals surface area contributed by atoms with Crippen molar-refractivity contribution in [3.05, 3.63) is 70.8 Å². The van der Waals surface area contributed by atoms with Crippen LogP contribution >= 0.6 is 0 Å². The van der Waals surface area contributed by atoms with Gasteiger partial charge in [0.05, 0.1) is 12.0 Å². The van der Waals surface area contributed by atoms with Crippen LogP contribution in [0.4, 0.5) is 0 Å². The fourth-order valence-electron chi connectivity index (χ4n) is 2.16. The Labute approximate surface area is 109 Å². The van der Waals surface area contributed by atoms with Crippen LogP contribution < -0.4 is 0 Å². The van der Waals surface area contributed by atoms with Gasteiger partial charge in [0.15, 0.2) is 0 Å². The molecule has 2 aromatic carbocycles.